The van der Waals surface area contributed by atoms with Crippen LogP contribution in [0.5, 0.6) is 0 Å². The predicted molar refractivity (Wildman–Crippen MR) is 139 cm³/mol. The molecule has 0 saturated heterocycles. The molecule has 166 valence electrons. The van der Waals surface area contributed by atoms with Crippen LogP contribution in [0.2, 0.25) is 0 Å². The molecule has 0 radical (unpaired) electrons. The molecule has 2 aromatic heterocycles. The topological polar surface area (TPSA) is 50.3 Å². The van der Waals surface area contributed by atoms with Crippen molar-refractivity contribution in [3.63, 3.8) is 0 Å². The summed E-state index contributed by atoms with van der Waals surface area (Å²) in [7, 11) is 0. The number of allylic oxidation sites excluding steroid dienone is 1. The van der Waals surface area contributed by atoms with Crippen molar-refractivity contribution in [3.8, 4) is 0 Å². The first-order valence-corrected chi connectivity index (χ1v) is 13.1. The molecule has 2 aliphatic rings. The standard InChI is InChI=1S/C30H18N2O2Se/c33-28-23-15-18-6-1-2-7-19(18)16-24(23)29(34)25(28)17-22-11-12-27(35-22)32-26-10-4-3-8-20(26)14-21-9-5-13-31-30(21)32/h1-13,15-17H,14H2. The van der Waals surface area contributed by atoms with Crippen LogP contribution in [0.4, 0.5) is 16.1 Å². The number of pyridine rings is 1. The average Bonchev–Trinajstić information content (AvgIpc) is 3.44. The van der Waals surface area contributed by atoms with Crippen molar-refractivity contribution in [1.82, 2.24) is 4.98 Å². The van der Waals surface area contributed by atoms with Crippen LogP contribution in [0.1, 0.15) is 36.3 Å². The van der Waals surface area contributed by atoms with E-state index in [1.807, 2.05) is 54.7 Å². The first kappa shape index (κ1) is 20.3. The minimum absolute atomic E-state index is 0.0771. The number of benzene rings is 3. The van der Waals surface area contributed by atoms with Gasteiger partial charge < -0.3 is 0 Å². The number of anilines is 3. The summed E-state index contributed by atoms with van der Waals surface area (Å²) >= 11 is -0.0771. The van der Waals surface area contributed by atoms with Gasteiger partial charge in [0.25, 0.3) is 0 Å². The molecule has 0 spiro atoms. The van der Waals surface area contributed by atoms with Gasteiger partial charge in [-0.2, -0.15) is 0 Å². The van der Waals surface area contributed by atoms with Crippen molar-refractivity contribution in [2.45, 2.75) is 6.42 Å². The van der Waals surface area contributed by atoms with Gasteiger partial charge in [-0.1, -0.05) is 0 Å². The molecular weight excluding hydrogens is 499 g/mol. The molecule has 1 aliphatic carbocycles. The van der Waals surface area contributed by atoms with Crippen LogP contribution in [0, 0.1) is 0 Å². The number of hydrogen-bond acceptors (Lipinski definition) is 4. The van der Waals surface area contributed by atoms with Crippen LogP contribution in [0.3, 0.4) is 0 Å². The number of fused-ring (bicyclic) bond motifs is 4. The number of carbonyl (C=O) groups is 2. The van der Waals surface area contributed by atoms with E-state index in [1.165, 1.54) is 11.1 Å². The van der Waals surface area contributed by atoms with Crippen molar-refractivity contribution in [2.24, 2.45) is 0 Å². The number of carbonyl (C=O) groups excluding carboxylic acids is 2. The molecule has 0 unspecified atom stereocenters. The zero-order chi connectivity index (χ0) is 23.5. The van der Waals surface area contributed by atoms with Gasteiger partial charge in [0, 0.05) is 0 Å². The Bertz CT molecular complexity index is 1630. The van der Waals surface area contributed by atoms with E-state index in [-0.39, 0.29) is 31.6 Å². The van der Waals surface area contributed by atoms with Gasteiger partial charge in [-0.25, -0.2) is 0 Å². The van der Waals surface area contributed by atoms with E-state index in [4.69, 9.17) is 4.98 Å². The molecule has 1 aliphatic heterocycles. The van der Waals surface area contributed by atoms with E-state index < -0.39 is 0 Å². The van der Waals surface area contributed by atoms with Gasteiger partial charge in [0.1, 0.15) is 0 Å². The zero-order valence-electron chi connectivity index (χ0n) is 18.6. The number of Topliss-reactive ketones (excluding diaryl/α,β-unsaturated/α-hetero) is 2. The van der Waals surface area contributed by atoms with Crippen LogP contribution in [0.25, 0.3) is 16.8 Å². The predicted octanol–water partition coefficient (Wildman–Crippen LogP) is 6.13. The number of hydrogen-bond donors (Lipinski definition) is 0. The third kappa shape index (κ3) is 3.17. The summed E-state index contributed by atoms with van der Waals surface area (Å²) in [6.07, 6.45) is 4.49. The summed E-state index contributed by atoms with van der Waals surface area (Å²) in [5.41, 5.74) is 4.86. The Hall–Kier alpha value is -4.05. The number of rotatable bonds is 2. The van der Waals surface area contributed by atoms with E-state index in [2.05, 4.69) is 41.3 Å². The SMILES string of the molecule is O=C1C(=Cc2ccc(N3c4ccccc4Cc4cccnc43)[se]2)C(=O)c2cc3ccccc3cc21. The van der Waals surface area contributed by atoms with E-state index in [0.29, 0.717) is 11.1 Å². The van der Waals surface area contributed by atoms with Crippen molar-refractivity contribution in [1.29, 1.82) is 0 Å². The molecule has 3 aromatic carbocycles. The van der Waals surface area contributed by atoms with Crippen molar-refractivity contribution >= 4 is 59.0 Å². The molecule has 0 amide bonds. The van der Waals surface area contributed by atoms with Crippen LogP contribution >= 0.6 is 0 Å². The number of nitrogens with zero attached hydrogens (tertiary/aromatic N) is 2. The third-order valence-electron chi connectivity index (χ3n) is 6.68. The number of aromatic nitrogens is 1. The van der Waals surface area contributed by atoms with Gasteiger partial charge in [-0.05, 0) is 0 Å². The van der Waals surface area contributed by atoms with E-state index in [9.17, 15) is 9.59 Å². The van der Waals surface area contributed by atoms with Gasteiger partial charge >= 0.3 is 208 Å². The van der Waals surface area contributed by atoms with Crippen molar-refractivity contribution in [3.05, 3.63) is 123 Å². The van der Waals surface area contributed by atoms with Crippen LogP contribution in [-0.4, -0.2) is 31.1 Å². The first-order valence-electron chi connectivity index (χ1n) is 11.4. The second-order valence-electron chi connectivity index (χ2n) is 8.76. The Kier molecular flexibility index (Phi) is 4.50. The zero-order valence-corrected chi connectivity index (χ0v) is 20.3. The summed E-state index contributed by atoms with van der Waals surface area (Å²) in [4.78, 5) is 33.3. The van der Waals surface area contributed by atoms with E-state index in [0.717, 1.165) is 37.7 Å². The molecule has 3 heterocycles. The summed E-state index contributed by atoms with van der Waals surface area (Å²) in [5, 5.41) is 1.94. The monoisotopic (exact) mass is 518 g/mol. The van der Waals surface area contributed by atoms with Gasteiger partial charge in [0.05, 0.1) is 0 Å². The van der Waals surface area contributed by atoms with Gasteiger partial charge in [-0.15, -0.1) is 0 Å². The van der Waals surface area contributed by atoms with Crippen LogP contribution < -0.4 is 4.90 Å². The Balaban J connectivity index is 1.30. The summed E-state index contributed by atoms with van der Waals surface area (Å²) < 4.78 is 2.14. The Morgan fingerprint density at radius 2 is 1.46 bits per heavy atom. The maximum absolute atomic E-state index is 13.2. The van der Waals surface area contributed by atoms with Crippen LogP contribution in [0.15, 0.2) is 96.7 Å². The average molecular weight is 517 g/mol. The number of ketones is 2. The molecule has 0 atom stereocenters. The molecule has 35 heavy (non-hydrogen) atoms. The molecule has 5 heteroatoms. The van der Waals surface area contributed by atoms with Gasteiger partial charge in [0.15, 0.2) is 0 Å². The second kappa shape index (κ2) is 7.74. The molecule has 0 saturated carbocycles. The van der Waals surface area contributed by atoms with Gasteiger partial charge in [0.2, 0.25) is 0 Å². The fraction of sp³-hybridized carbons (Fsp3) is 0.0333. The van der Waals surface area contributed by atoms with Gasteiger partial charge in [-0.3, -0.25) is 0 Å². The molecule has 5 aromatic rings. The Morgan fingerprint density at radius 3 is 2.23 bits per heavy atom. The fourth-order valence-electron chi connectivity index (χ4n) is 5.01. The fourth-order valence-corrected chi connectivity index (χ4v) is 7.04. The molecule has 0 N–H and O–H groups in total. The number of para-hydroxylation sites is 1. The summed E-state index contributed by atoms with van der Waals surface area (Å²) in [5.74, 6) is 0.584. The first-order chi connectivity index (χ1) is 17.2. The normalized spacial score (nSPS) is 14.2. The van der Waals surface area contributed by atoms with Crippen molar-refractivity contribution < 1.29 is 9.59 Å². The molecular formula is C30H18N2O2Se. The van der Waals surface area contributed by atoms with Crippen LogP contribution in [-0.2, 0) is 6.42 Å². The van der Waals surface area contributed by atoms with Crippen molar-refractivity contribution in [2.75, 3.05) is 4.90 Å². The minimum atomic E-state index is -0.184. The molecule has 7 rings (SSSR count). The Morgan fingerprint density at radius 1 is 0.771 bits per heavy atom. The summed E-state index contributed by atoms with van der Waals surface area (Å²) in [6, 6.07) is 28.1. The summed E-state index contributed by atoms with van der Waals surface area (Å²) in [6.45, 7) is 0. The second-order valence-corrected chi connectivity index (χ2v) is 11.1. The van der Waals surface area contributed by atoms with E-state index >= 15 is 0 Å². The molecule has 0 fully saturated rings. The Labute approximate surface area is 207 Å². The van der Waals surface area contributed by atoms with E-state index in [1.54, 1.807) is 6.08 Å². The molecule has 4 nitrogen and oxygen atoms in total. The quantitative estimate of drug-likeness (QED) is 0.158. The third-order valence-corrected chi connectivity index (χ3v) is 8.81. The molecule has 0 bridgehead atoms. The maximum atomic E-state index is 13.2.